The Labute approximate surface area is 235 Å². The maximum absolute atomic E-state index is 13.9. The van der Waals surface area contributed by atoms with E-state index in [0.29, 0.717) is 6.07 Å². The number of halogens is 3. The lowest BCUT2D eigenvalue weighted by molar-refractivity contribution is -0.384. The summed E-state index contributed by atoms with van der Waals surface area (Å²) < 4.78 is 27.8. The molecule has 0 radical (unpaired) electrons. The molecule has 0 aliphatic carbocycles. The highest BCUT2D eigenvalue weighted by molar-refractivity contribution is 6.29. The molecule has 0 spiro atoms. The number of nitrogens with one attached hydrogen (secondary N) is 1. The van der Waals surface area contributed by atoms with Crippen LogP contribution in [0.2, 0.25) is 5.15 Å². The Kier molecular flexibility index (Phi) is 8.52. The highest BCUT2D eigenvalue weighted by Crippen LogP contribution is 2.26. The first-order valence-electron chi connectivity index (χ1n) is 11.9. The van der Waals surface area contributed by atoms with E-state index < -0.39 is 64.4 Å². The molecule has 1 aliphatic heterocycles. The SMILES string of the molecule is O=C(O)CC(NC(=O)C1N(C(=O)c2ccc(Cl)nc2)CCN1C(=O)c1cc(F)cc(F)c1)c1cccc([N+](=O)[O-])c1. The van der Waals surface area contributed by atoms with Crippen molar-refractivity contribution >= 4 is 41.0 Å². The summed E-state index contributed by atoms with van der Waals surface area (Å²) in [5.41, 5.74) is -0.689. The number of carboxylic acids is 1. The highest BCUT2D eigenvalue weighted by atomic mass is 35.5. The van der Waals surface area contributed by atoms with Crippen LogP contribution in [0.5, 0.6) is 0 Å². The summed E-state index contributed by atoms with van der Waals surface area (Å²) in [4.78, 5) is 68.3. The number of carbonyl (C=O) groups is 4. The second-order valence-corrected chi connectivity index (χ2v) is 9.30. The van der Waals surface area contributed by atoms with Gasteiger partial charge in [-0.15, -0.1) is 0 Å². The Balaban J connectivity index is 1.72. The molecule has 2 N–H and O–H groups in total. The first kappa shape index (κ1) is 29.0. The molecule has 3 amide bonds. The third kappa shape index (κ3) is 6.61. The summed E-state index contributed by atoms with van der Waals surface area (Å²) in [7, 11) is 0. The first-order chi connectivity index (χ1) is 19.4. The average Bonchev–Trinajstić information content (AvgIpc) is 3.37. The molecule has 3 aromatic rings. The predicted octanol–water partition coefficient (Wildman–Crippen LogP) is 3.18. The number of rotatable bonds is 8. The molecule has 2 unspecified atom stereocenters. The quantitative estimate of drug-likeness (QED) is 0.230. The number of nitro groups is 1. The van der Waals surface area contributed by atoms with Gasteiger partial charge in [0.1, 0.15) is 16.8 Å². The number of nitro benzene ring substituents is 1. The van der Waals surface area contributed by atoms with E-state index in [4.69, 9.17) is 11.6 Å². The number of nitrogens with zero attached hydrogens (tertiary/aromatic N) is 4. The zero-order valence-electron chi connectivity index (χ0n) is 20.9. The minimum absolute atomic E-state index is 0.0130. The van der Waals surface area contributed by atoms with Crippen LogP contribution >= 0.6 is 11.6 Å². The molecule has 0 bridgehead atoms. The van der Waals surface area contributed by atoms with Crippen molar-refractivity contribution in [3.05, 3.63) is 104 Å². The van der Waals surface area contributed by atoms with Crippen molar-refractivity contribution in [2.45, 2.75) is 18.6 Å². The van der Waals surface area contributed by atoms with E-state index in [2.05, 4.69) is 10.3 Å². The fourth-order valence-electron chi connectivity index (χ4n) is 4.38. The Bertz CT molecular complexity index is 1520. The standard InChI is InChI=1S/C26H20ClF2N5O7/c27-21-5-4-15(13-30-21)25(38)32-6-7-33(26(39)16-8-17(28)11-18(29)9-16)24(32)23(37)31-20(12-22(35)36)14-2-1-3-19(10-14)34(40)41/h1-5,8-11,13,20,24H,6-7,12H2,(H,31,37)(H,35,36). The molecule has 12 nitrogen and oxygen atoms in total. The molecule has 2 aromatic carbocycles. The third-order valence-corrected chi connectivity index (χ3v) is 6.41. The first-order valence-corrected chi connectivity index (χ1v) is 12.3. The normalized spacial score (nSPS) is 15.3. The fraction of sp³-hybridized carbons (Fsp3) is 0.192. The molecule has 1 aromatic heterocycles. The van der Waals surface area contributed by atoms with Gasteiger partial charge in [0, 0.05) is 43.0 Å². The number of hydrogen-bond donors (Lipinski definition) is 2. The van der Waals surface area contributed by atoms with Gasteiger partial charge < -0.3 is 20.2 Å². The topological polar surface area (TPSA) is 163 Å². The predicted molar refractivity (Wildman–Crippen MR) is 138 cm³/mol. The van der Waals surface area contributed by atoms with E-state index in [9.17, 15) is 43.2 Å². The number of pyridine rings is 1. The smallest absolute Gasteiger partial charge is 0.305 e. The third-order valence-electron chi connectivity index (χ3n) is 6.19. The van der Waals surface area contributed by atoms with Crippen LogP contribution in [0.4, 0.5) is 14.5 Å². The largest absolute Gasteiger partial charge is 0.481 e. The van der Waals surface area contributed by atoms with Crippen LogP contribution in [0.3, 0.4) is 0 Å². The lowest BCUT2D eigenvalue weighted by Crippen LogP contribution is -2.54. The average molecular weight is 588 g/mol. The van der Waals surface area contributed by atoms with Gasteiger partial charge in [-0.2, -0.15) is 0 Å². The van der Waals surface area contributed by atoms with Crippen LogP contribution < -0.4 is 5.32 Å². The summed E-state index contributed by atoms with van der Waals surface area (Å²) in [6, 6.07) is 8.41. The van der Waals surface area contributed by atoms with E-state index in [1.165, 1.54) is 30.3 Å². The second-order valence-electron chi connectivity index (χ2n) is 8.91. The minimum Gasteiger partial charge on any atom is -0.481 e. The van der Waals surface area contributed by atoms with Crippen LogP contribution in [0.25, 0.3) is 0 Å². The number of aromatic nitrogens is 1. The summed E-state index contributed by atoms with van der Waals surface area (Å²) in [5.74, 6) is -6.16. The van der Waals surface area contributed by atoms with Gasteiger partial charge in [0.15, 0.2) is 6.17 Å². The van der Waals surface area contributed by atoms with Gasteiger partial charge in [-0.1, -0.05) is 23.7 Å². The minimum atomic E-state index is -1.69. The summed E-state index contributed by atoms with van der Waals surface area (Å²) in [5, 5.41) is 23.3. The number of non-ortho nitro benzene ring substituents is 1. The lowest BCUT2D eigenvalue weighted by atomic mass is 10.0. The van der Waals surface area contributed by atoms with Gasteiger partial charge in [-0.25, -0.2) is 13.8 Å². The molecule has 212 valence electrons. The molecule has 1 fully saturated rings. The van der Waals surface area contributed by atoms with Crippen molar-refractivity contribution in [3.8, 4) is 0 Å². The van der Waals surface area contributed by atoms with E-state index in [0.717, 1.165) is 34.2 Å². The zero-order chi connectivity index (χ0) is 29.8. The van der Waals surface area contributed by atoms with E-state index in [1.54, 1.807) is 0 Å². The number of benzene rings is 2. The Morgan fingerprint density at radius 1 is 1.02 bits per heavy atom. The second kappa shape index (κ2) is 12.0. The monoisotopic (exact) mass is 587 g/mol. The van der Waals surface area contributed by atoms with Gasteiger partial charge in [-0.05, 0) is 29.8 Å². The van der Waals surface area contributed by atoms with E-state index >= 15 is 0 Å². The van der Waals surface area contributed by atoms with Crippen molar-refractivity contribution < 1.29 is 38.0 Å². The van der Waals surface area contributed by atoms with Crippen LogP contribution in [0, 0.1) is 21.7 Å². The Hall–Kier alpha value is -4.98. The molecule has 2 heterocycles. The van der Waals surface area contributed by atoms with E-state index in [-0.39, 0.29) is 35.1 Å². The van der Waals surface area contributed by atoms with E-state index in [1.807, 2.05) is 0 Å². The fourth-order valence-corrected chi connectivity index (χ4v) is 4.49. The van der Waals surface area contributed by atoms with Crippen molar-refractivity contribution in [2.75, 3.05) is 13.1 Å². The zero-order valence-corrected chi connectivity index (χ0v) is 21.6. The van der Waals surface area contributed by atoms with Crippen LogP contribution in [0.1, 0.15) is 38.7 Å². The molecule has 2 atom stereocenters. The number of carbonyl (C=O) groups excluding carboxylic acids is 3. The van der Waals surface area contributed by atoms with Gasteiger partial charge >= 0.3 is 5.97 Å². The molecule has 41 heavy (non-hydrogen) atoms. The maximum Gasteiger partial charge on any atom is 0.305 e. The number of aliphatic carboxylic acids is 1. The Morgan fingerprint density at radius 2 is 1.66 bits per heavy atom. The summed E-state index contributed by atoms with van der Waals surface area (Å²) >= 11 is 5.80. The van der Waals surface area contributed by atoms with Gasteiger partial charge in [0.2, 0.25) is 0 Å². The van der Waals surface area contributed by atoms with Gasteiger partial charge in [-0.3, -0.25) is 29.3 Å². The molecule has 1 aliphatic rings. The highest BCUT2D eigenvalue weighted by Gasteiger charge is 2.44. The van der Waals surface area contributed by atoms with Crippen molar-refractivity contribution in [1.82, 2.24) is 20.1 Å². The molecule has 4 rings (SSSR count). The maximum atomic E-state index is 13.9. The summed E-state index contributed by atoms with van der Waals surface area (Å²) in [6.45, 7) is -0.397. The van der Waals surface area contributed by atoms with Gasteiger partial charge in [0.25, 0.3) is 23.4 Å². The number of hydrogen-bond acceptors (Lipinski definition) is 7. The van der Waals surface area contributed by atoms with Crippen LogP contribution in [-0.4, -0.2) is 67.8 Å². The molecule has 0 saturated carbocycles. The molecule has 15 heteroatoms. The van der Waals surface area contributed by atoms with Crippen LogP contribution in [0.15, 0.2) is 60.8 Å². The molecular weight excluding hydrogens is 568 g/mol. The van der Waals surface area contributed by atoms with Crippen molar-refractivity contribution in [1.29, 1.82) is 0 Å². The molecular formula is C26H20ClF2N5O7. The van der Waals surface area contributed by atoms with Crippen molar-refractivity contribution in [2.24, 2.45) is 0 Å². The summed E-state index contributed by atoms with van der Waals surface area (Å²) in [6.07, 6.45) is -1.23. The van der Waals surface area contributed by atoms with Gasteiger partial charge in [0.05, 0.1) is 22.9 Å². The Morgan fingerprint density at radius 3 is 2.22 bits per heavy atom. The van der Waals surface area contributed by atoms with Crippen LogP contribution in [-0.2, 0) is 9.59 Å². The number of carboxylic acid groups (broad SMARTS) is 1. The number of amides is 3. The molecule has 1 saturated heterocycles. The van der Waals surface area contributed by atoms with Crippen molar-refractivity contribution in [3.63, 3.8) is 0 Å². The lowest BCUT2D eigenvalue weighted by Gasteiger charge is -2.31.